The molecule has 5 rings (SSSR count). The molecule has 1 aromatic heterocycles. The molecule has 228 valence electrons. The van der Waals surface area contributed by atoms with Gasteiger partial charge in [0.2, 0.25) is 5.91 Å². The summed E-state index contributed by atoms with van der Waals surface area (Å²) in [5.41, 5.74) is 2.60. The molecule has 45 heavy (non-hydrogen) atoms. The molecule has 0 saturated heterocycles. The Morgan fingerprint density at radius 2 is 1.73 bits per heavy atom. The van der Waals surface area contributed by atoms with Gasteiger partial charge in [0.05, 0.1) is 22.1 Å². The number of ether oxygens (including phenoxy) is 1. The van der Waals surface area contributed by atoms with Crippen molar-refractivity contribution in [3.63, 3.8) is 0 Å². The molecule has 0 spiro atoms. The van der Waals surface area contributed by atoms with Crippen LogP contribution in [0, 0.1) is 0 Å². The fourth-order valence-electron chi connectivity index (χ4n) is 4.20. The van der Waals surface area contributed by atoms with E-state index in [1.54, 1.807) is 42.5 Å². The van der Waals surface area contributed by atoms with E-state index in [9.17, 15) is 14.4 Å². The number of carbonyl (C=O) groups is 3. The first-order valence-corrected chi connectivity index (χ1v) is 16.5. The molecule has 1 atom stereocenters. The molecule has 3 N–H and O–H groups in total. The number of thioether (sulfide) groups is 1. The lowest BCUT2D eigenvalue weighted by molar-refractivity contribution is -0.115. The highest BCUT2D eigenvalue weighted by atomic mass is 79.9. The molecule has 11 heteroatoms. The number of aromatic nitrogens is 1. The second-order valence-electron chi connectivity index (χ2n) is 9.74. The zero-order chi connectivity index (χ0) is 31.8. The van der Waals surface area contributed by atoms with Crippen LogP contribution in [0.3, 0.4) is 0 Å². The Morgan fingerprint density at radius 1 is 0.956 bits per heavy atom. The van der Waals surface area contributed by atoms with Crippen molar-refractivity contribution in [3.8, 4) is 5.75 Å². The third-order valence-electron chi connectivity index (χ3n) is 6.38. The predicted octanol–water partition coefficient (Wildman–Crippen LogP) is 7.99. The van der Waals surface area contributed by atoms with Crippen LogP contribution in [0.25, 0.3) is 16.3 Å². The van der Waals surface area contributed by atoms with E-state index in [-0.39, 0.29) is 11.6 Å². The van der Waals surface area contributed by atoms with Crippen molar-refractivity contribution in [1.29, 1.82) is 0 Å². The Labute approximate surface area is 277 Å². The second kappa shape index (κ2) is 15.0. The average molecular weight is 702 g/mol. The maximum atomic E-state index is 13.3. The number of anilines is 2. The van der Waals surface area contributed by atoms with Gasteiger partial charge in [-0.1, -0.05) is 57.6 Å². The number of carbonyl (C=O) groups excluding carboxylic acids is 3. The minimum atomic E-state index is -0.475. The lowest BCUT2D eigenvalue weighted by Crippen LogP contribution is -2.30. The van der Waals surface area contributed by atoms with E-state index in [0.29, 0.717) is 23.0 Å². The minimum absolute atomic E-state index is 0.0923. The predicted molar refractivity (Wildman–Crippen MR) is 186 cm³/mol. The zero-order valence-corrected chi connectivity index (χ0v) is 27.6. The Kier molecular flexibility index (Phi) is 10.7. The molecule has 5 aromatic rings. The molecular weight excluding hydrogens is 672 g/mol. The number of nitrogens with zero attached hydrogens (tertiary/aromatic N) is 1. The highest BCUT2D eigenvalue weighted by Crippen LogP contribution is 2.31. The Bertz CT molecular complexity index is 1860. The zero-order valence-electron chi connectivity index (χ0n) is 24.4. The van der Waals surface area contributed by atoms with E-state index in [1.165, 1.54) is 23.1 Å². The fourth-order valence-corrected chi connectivity index (χ4v) is 6.38. The molecule has 0 saturated carbocycles. The van der Waals surface area contributed by atoms with Crippen molar-refractivity contribution in [1.82, 2.24) is 10.3 Å². The molecule has 0 fully saturated rings. The highest BCUT2D eigenvalue weighted by molar-refractivity contribution is 9.10. The molecule has 0 aliphatic rings. The maximum absolute atomic E-state index is 13.3. The van der Waals surface area contributed by atoms with Crippen LogP contribution in [-0.4, -0.2) is 34.6 Å². The molecule has 0 aliphatic heterocycles. The van der Waals surface area contributed by atoms with Crippen LogP contribution < -0.4 is 20.7 Å². The number of thiazole rings is 1. The third kappa shape index (κ3) is 8.81. The van der Waals surface area contributed by atoms with Gasteiger partial charge in [0, 0.05) is 20.6 Å². The van der Waals surface area contributed by atoms with Crippen molar-refractivity contribution in [2.24, 2.45) is 0 Å². The van der Waals surface area contributed by atoms with E-state index >= 15 is 0 Å². The molecule has 1 heterocycles. The number of rotatable bonds is 11. The van der Waals surface area contributed by atoms with Gasteiger partial charge in [-0.3, -0.25) is 14.4 Å². The van der Waals surface area contributed by atoms with Gasteiger partial charge < -0.3 is 20.7 Å². The van der Waals surface area contributed by atoms with Gasteiger partial charge in [0.25, 0.3) is 11.8 Å². The number of fused-ring (bicyclic) bond motifs is 1. The van der Waals surface area contributed by atoms with Crippen LogP contribution in [0.1, 0.15) is 29.8 Å². The first-order chi connectivity index (χ1) is 21.8. The Balaban J connectivity index is 1.22. The van der Waals surface area contributed by atoms with Gasteiger partial charge >= 0.3 is 0 Å². The number of hydrogen-bond acceptors (Lipinski definition) is 7. The second-order valence-corrected chi connectivity index (χ2v) is 13.1. The van der Waals surface area contributed by atoms with E-state index in [0.717, 1.165) is 30.9 Å². The van der Waals surface area contributed by atoms with Crippen molar-refractivity contribution in [2.45, 2.75) is 24.0 Å². The monoisotopic (exact) mass is 700 g/mol. The van der Waals surface area contributed by atoms with Crippen LogP contribution in [-0.2, 0) is 9.59 Å². The van der Waals surface area contributed by atoms with Crippen molar-refractivity contribution < 1.29 is 19.1 Å². The smallest absolute Gasteiger partial charge is 0.272 e. The number of amides is 3. The summed E-state index contributed by atoms with van der Waals surface area (Å²) in [6.07, 6.45) is 1.62. The summed E-state index contributed by atoms with van der Waals surface area (Å²) in [7, 11) is 0. The summed E-state index contributed by atoms with van der Waals surface area (Å²) in [6, 6.07) is 28.9. The summed E-state index contributed by atoms with van der Waals surface area (Å²) < 4.78 is 7.33. The molecule has 0 bridgehead atoms. The first-order valence-electron chi connectivity index (χ1n) is 14.0. The molecule has 0 aliphatic carbocycles. The average Bonchev–Trinajstić information content (AvgIpc) is 3.43. The van der Waals surface area contributed by atoms with Crippen LogP contribution in [0.4, 0.5) is 10.8 Å². The summed E-state index contributed by atoms with van der Waals surface area (Å²) in [4.78, 5) is 44.5. The quantitative estimate of drug-likeness (QED) is 0.0952. The van der Waals surface area contributed by atoms with E-state index in [2.05, 4.69) is 36.9 Å². The van der Waals surface area contributed by atoms with Crippen molar-refractivity contribution >= 4 is 83.9 Å². The molecule has 8 nitrogen and oxygen atoms in total. The van der Waals surface area contributed by atoms with Gasteiger partial charge in [0.15, 0.2) is 5.13 Å². The number of benzene rings is 4. The maximum Gasteiger partial charge on any atom is 0.272 e. The highest BCUT2D eigenvalue weighted by Gasteiger charge is 2.18. The van der Waals surface area contributed by atoms with Crippen LogP contribution in [0.2, 0.25) is 0 Å². The normalized spacial score (nSPS) is 11.9. The summed E-state index contributed by atoms with van der Waals surface area (Å²) in [5.74, 6) is -0.273. The van der Waals surface area contributed by atoms with Gasteiger partial charge in [-0.25, -0.2) is 4.98 Å². The molecular formula is C34H29BrN4O4S2. The first kappa shape index (κ1) is 32.0. The van der Waals surface area contributed by atoms with Crippen molar-refractivity contribution in [2.75, 3.05) is 17.2 Å². The largest absolute Gasteiger partial charge is 0.494 e. The Hall–Kier alpha value is -4.45. The lowest BCUT2D eigenvalue weighted by atomic mass is 10.1. The van der Waals surface area contributed by atoms with Gasteiger partial charge in [-0.05, 0) is 92.2 Å². The van der Waals surface area contributed by atoms with Gasteiger partial charge in [-0.15, -0.1) is 11.8 Å². The van der Waals surface area contributed by atoms with E-state index in [4.69, 9.17) is 4.74 Å². The Morgan fingerprint density at radius 3 is 2.47 bits per heavy atom. The number of nitrogens with one attached hydrogen (secondary N) is 3. The van der Waals surface area contributed by atoms with E-state index < -0.39 is 17.1 Å². The third-order valence-corrected chi connectivity index (χ3v) is 8.92. The standard InChI is InChI=1S/C34H29BrN4O4S2/c1-3-43-26-14-17-28-30(20-26)45-34(38-28)39-31(40)21(2)44-27-15-12-25(13-16-27)36-33(42)29(19-22-8-7-11-24(35)18-22)37-32(41)23-9-5-4-6-10-23/h4-21H,3H2,1-2H3,(H,36,42)(H,37,41)(H,38,39,40)/b29-19-. The molecule has 0 radical (unpaired) electrons. The fraction of sp³-hybridized carbons (Fsp3) is 0.118. The topological polar surface area (TPSA) is 109 Å². The molecule has 1 unspecified atom stereocenters. The SMILES string of the molecule is CCOc1ccc2nc(NC(=O)C(C)Sc3ccc(NC(=O)/C(=C/c4cccc(Br)c4)NC(=O)c4ccccc4)cc3)sc2c1. The van der Waals surface area contributed by atoms with E-state index in [1.807, 2.05) is 74.5 Å². The summed E-state index contributed by atoms with van der Waals surface area (Å²) in [6.45, 7) is 4.33. The van der Waals surface area contributed by atoms with Crippen molar-refractivity contribution in [3.05, 3.63) is 118 Å². The van der Waals surface area contributed by atoms with Crippen LogP contribution >= 0.6 is 39.0 Å². The minimum Gasteiger partial charge on any atom is -0.494 e. The molecule has 4 aromatic carbocycles. The summed E-state index contributed by atoms with van der Waals surface area (Å²) >= 11 is 6.23. The van der Waals surface area contributed by atoms with Gasteiger partial charge in [-0.2, -0.15) is 0 Å². The number of hydrogen-bond donors (Lipinski definition) is 3. The van der Waals surface area contributed by atoms with Crippen LogP contribution in [0.15, 0.2) is 112 Å². The van der Waals surface area contributed by atoms with Crippen LogP contribution in [0.5, 0.6) is 5.75 Å². The number of halogens is 1. The lowest BCUT2D eigenvalue weighted by Gasteiger charge is -2.13. The summed E-state index contributed by atoms with van der Waals surface area (Å²) in [5, 5.41) is 8.64. The molecule has 3 amide bonds. The van der Waals surface area contributed by atoms with Gasteiger partial charge in [0.1, 0.15) is 11.4 Å².